The number of halogens is 4. The molecule has 2 amide bonds. The number of rotatable bonds is 8. The van der Waals surface area contributed by atoms with Gasteiger partial charge < -0.3 is 30.3 Å². The average molecular weight is 558 g/mol. The van der Waals surface area contributed by atoms with Crippen molar-refractivity contribution in [2.45, 2.75) is 38.9 Å². The van der Waals surface area contributed by atoms with Gasteiger partial charge in [-0.2, -0.15) is 0 Å². The Kier molecular flexibility index (Phi) is 10.5. The number of aromatic nitrogens is 1. The number of aryl methyl sites for hydroxylation is 1. The first kappa shape index (κ1) is 29.8. The van der Waals surface area contributed by atoms with Crippen molar-refractivity contribution in [3.05, 3.63) is 35.9 Å². The third kappa shape index (κ3) is 7.21. The van der Waals surface area contributed by atoms with Gasteiger partial charge in [0.25, 0.3) is 6.43 Å². The fourth-order valence-corrected chi connectivity index (χ4v) is 4.65. The van der Waals surface area contributed by atoms with Crippen molar-refractivity contribution >= 4 is 35.8 Å². The number of anilines is 3. The summed E-state index contributed by atoms with van der Waals surface area (Å²) in [5.74, 6) is 0.546. The molecular formula is C26H35ClF3N5O3. The van der Waals surface area contributed by atoms with E-state index in [9.17, 15) is 23.1 Å². The summed E-state index contributed by atoms with van der Waals surface area (Å²) >= 11 is 0. The number of morpholine rings is 1. The van der Waals surface area contributed by atoms with Crippen LogP contribution in [0, 0.1) is 12.8 Å². The molecule has 2 aromatic rings. The Morgan fingerprint density at radius 2 is 1.92 bits per heavy atom. The zero-order valence-electron chi connectivity index (χ0n) is 21.5. The smallest absolute Gasteiger partial charge is 0.321 e. The minimum Gasteiger partial charge on any atom is -0.394 e. The second-order valence-corrected chi connectivity index (χ2v) is 9.66. The Labute approximate surface area is 227 Å². The summed E-state index contributed by atoms with van der Waals surface area (Å²) in [6, 6.07) is 8.79. The molecule has 2 fully saturated rings. The largest absolute Gasteiger partial charge is 0.394 e. The number of nitrogens with zero attached hydrogens (tertiary/aromatic N) is 3. The van der Waals surface area contributed by atoms with Crippen LogP contribution in [0.25, 0.3) is 11.1 Å². The van der Waals surface area contributed by atoms with Gasteiger partial charge in [-0.25, -0.2) is 22.9 Å². The summed E-state index contributed by atoms with van der Waals surface area (Å²) in [5.41, 5.74) is 3.30. The highest BCUT2D eigenvalue weighted by Crippen LogP contribution is 2.32. The molecule has 3 N–H and O–H groups in total. The Morgan fingerprint density at radius 1 is 1.18 bits per heavy atom. The molecule has 2 aliphatic heterocycles. The van der Waals surface area contributed by atoms with E-state index in [1.165, 1.54) is 4.90 Å². The lowest BCUT2D eigenvalue weighted by Gasteiger charge is -2.29. The zero-order chi connectivity index (χ0) is 26.5. The molecule has 3 heterocycles. The molecule has 3 unspecified atom stereocenters. The fraction of sp³-hybridized carbons (Fsp3) is 0.538. The van der Waals surface area contributed by atoms with E-state index in [0.29, 0.717) is 37.8 Å². The maximum absolute atomic E-state index is 13.7. The van der Waals surface area contributed by atoms with Crippen LogP contribution in [0.5, 0.6) is 0 Å². The van der Waals surface area contributed by atoms with Crippen molar-refractivity contribution in [2.24, 2.45) is 5.92 Å². The molecule has 0 aliphatic carbocycles. The van der Waals surface area contributed by atoms with Crippen molar-refractivity contribution in [3.63, 3.8) is 0 Å². The maximum atomic E-state index is 13.7. The summed E-state index contributed by atoms with van der Waals surface area (Å²) in [5, 5.41) is 15.6. The molecule has 1 aromatic heterocycles. The molecule has 1 aromatic carbocycles. The highest BCUT2D eigenvalue weighted by Gasteiger charge is 2.36. The van der Waals surface area contributed by atoms with Crippen LogP contribution in [0.15, 0.2) is 30.3 Å². The van der Waals surface area contributed by atoms with Crippen LogP contribution in [0.1, 0.15) is 18.9 Å². The molecule has 210 valence electrons. The van der Waals surface area contributed by atoms with E-state index < -0.39 is 24.5 Å². The standard InChI is InChI=1S/C26H34F3N5O3.ClH/c1-16-3-4-20(31-26(36)34-6-5-18(14-34)24(27)25(28)29)13-21(16)19-11-22(30-17(2)15-35)32-23(12-19)33-7-9-37-10-8-33;/h3-4,11-13,17-18,24-25,35H,5-10,14-15H2,1-2H3,(H,30,32)(H,31,36);1H. The number of alkyl halides is 3. The van der Waals surface area contributed by atoms with E-state index >= 15 is 0 Å². The normalized spacial score (nSPS) is 19.2. The molecule has 2 saturated heterocycles. The number of benzene rings is 1. The number of carbonyl (C=O) groups is 1. The summed E-state index contributed by atoms with van der Waals surface area (Å²) in [6.07, 6.45) is -5.07. The quantitative estimate of drug-likeness (QED) is 0.441. The number of likely N-dealkylation sites (tertiary alicyclic amines) is 1. The summed E-state index contributed by atoms with van der Waals surface area (Å²) < 4.78 is 44.7. The van der Waals surface area contributed by atoms with Gasteiger partial charge in [0, 0.05) is 43.8 Å². The lowest BCUT2D eigenvalue weighted by molar-refractivity contribution is 0.0192. The van der Waals surface area contributed by atoms with Gasteiger partial charge in [-0.15, -0.1) is 12.4 Å². The van der Waals surface area contributed by atoms with Gasteiger partial charge in [-0.3, -0.25) is 0 Å². The third-order valence-corrected chi connectivity index (χ3v) is 6.82. The number of hydrogen-bond donors (Lipinski definition) is 3. The van der Waals surface area contributed by atoms with Crippen LogP contribution in [-0.2, 0) is 4.74 Å². The molecule has 8 nitrogen and oxygen atoms in total. The number of hydrogen-bond acceptors (Lipinski definition) is 6. The second kappa shape index (κ2) is 13.3. The molecule has 0 bridgehead atoms. The van der Waals surface area contributed by atoms with Crippen molar-refractivity contribution in [1.82, 2.24) is 9.88 Å². The second-order valence-electron chi connectivity index (χ2n) is 9.66. The van der Waals surface area contributed by atoms with Gasteiger partial charge in [0.15, 0.2) is 6.17 Å². The van der Waals surface area contributed by atoms with Crippen molar-refractivity contribution in [1.29, 1.82) is 0 Å². The number of pyridine rings is 1. The van der Waals surface area contributed by atoms with Crippen LogP contribution in [0.3, 0.4) is 0 Å². The van der Waals surface area contributed by atoms with Crippen molar-refractivity contribution < 1.29 is 27.8 Å². The number of amides is 2. The monoisotopic (exact) mass is 557 g/mol. The van der Waals surface area contributed by atoms with E-state index in [4.69, 9.17) is 9.72 Å². The minimum atomic E-state index is -3.05. The molecular weight excluding hydrogens is 523 g/mol. The van der Waals surface area contributed by atoms with Crippen LogP contribution >= 0.6 is 12.4 Å². The van der Waals surface area contributed by atoms with E-state index in [1.54, 1.807) is 6.07 Å². The molecule has 0 saturated carbocycles. The highest BCUT2D eigenvalue weighted by atomic mass is 35.5. The average Bonchev–Trinajstić information content (AvgIpc) is 3.40. The number of nitrogens with one attached hydrogen (secondary N) is 2. The Hall–Kier alpha value is -2.76. The summed E-state index contributed by atoms with van der Waals surface area (Å²) in [6.45, 7) is 6.62. The van der Waals surface area contributed by atoms with Gasteiger partial charge in [0.1, 0.15) is 11.6 Å². The van der Waals surface area contributed by atoms with Crippen molar-refractivity contribution in [2.75, 3.05) is 61.5 Å². The maximum Gasteiger partial charge on any atom is 0.321 e. The van der Waals surface area contributed by atoms with E-state index in [2.05, 4.69) is 15.5 Å². The first-order chi connectivity index (χ1) is 17.7. The SMILES string of the molecule is Cc1ccc(NC(=O)N2CCC(C(F)C(F)F)C2)cc1-c1cc(NC(C)CO)nc(N2CCOCC2)c1.Cl. The molecule has 3 atom stereocenters. The van der Waals surface area contributed by atoms with Gasteiger partial charge in [0.05, 0.1) is 19.8 Å². The van der Waals surface area contributed by atoms with Crippen LogP contribution in [0.2, 0.25) is 0 Å². The minimum absolute atomic E-state index is 0. The number of aliphatic hydroxyl groups is 1. The Balaban J connectivity index is 0.00000400. The number of urea groups is 1. The van der Waals surface area contributed by atoms with Gasteiger partial charge in [-0.05, 0) is 61.2 Å². The van der Waals surface area contributed by atoms with E-state index in [-0.39, 0.29) is 44.6 Å². The van der Waals surface area contributed by atoms with Crippen molar-refractivity contribution in [3.8, 4) is 11.1 Å². The molecule has 0 spiro atoms. The Morgan fingerprint density at radius 3 is 2.61 bits per heavy atom. The summed E-state index contributed by atoms with van der Waals surface area (Å²) in [7, 11) is 0. The zero-order valence-corrected chi connectivity index (χ0v) is 22.3. The van der Waals surface area contributed by atoms with Gasteiger partial charge in [-0.1, -0.05) is 6.07 Å². The highest BCUT2D eigenvalue weighted by molar-refractivity contribution is 5.91. The molecule has 0 radical (unpaired) electrons. The third-order valence-electron chi connectivity index (χ3n) is 6.82. The number of aliphatic hydroxyl groups excluding tert-OH is 1. The van der Waals surface area contributed by atoms with Crippen LogP contribution in [0.4, 0.5) is 35.3 Å². The first-order valence-corrected chi connectivity index (χ1v) is 12.6. The predicted octanol–water partition coefficient (Wildman–Crippen LogP) is 4.57. The van der Waals surface area contributed by atoms with Gasteiger partial charge >= 0.3 is 6.03 Å². The first-order valence-electron chi connectivity index (χ1n) is 12.6. The fourth-order valence-electron chi connectivity index (χ4n) is 4.65. The molecule has 2 aliphatic rings. The predicted molar refractivity (Wildman–Crippen MR) is 144 cm³/mol. The molecule has 12 heteroatoms. The number of carbonyl (C=O) groups excluding carboxylic acids is 1. The van der Waals surface area contributed by atoms with Gasteiger partial charge in [0.2, 0.25) is 0 Å². The van der Waals surface area contributed by atoms with E-state index in [0.717, 1.165) is 22.5 Å². The van der Waals surface area contributed by atoms with Crippen LogP contribution < -0.4 is 15.5 Å². The lowest BCUT2D eigenvalue weighted by atomic mass is 10.00. The van der Waals surface area contributed by atoms with E-state index in [1.807, 2.05) is 38.1 Å². The van der Waals surface area contributed by atoms with Crippen LogP contribution in [-0.4, -0.2) is 85.7 Å². The summed E-state index contributed by atoms with van der Waals surface area (Å²) in [4.78, 5) is 21.1. The molecule has 4 rings (SSSR count). The number of ether oxygens (including phenoxy) is 1. The topological polar surface area (TPSA) is 90.0 Å². The lowest BCUT2D eigenvalue weighted by Crippen LogP contribution is -2.37. The molecule has 38 heavy (non-hydrogen) atoms. The Bertz CT molecular complexity index is 1090.